The molecule has 0 aliphatic carbocycles. The fraction of sp³-hybridized carbons (Fsp3) is 0.111. The Hall–Kier alpha value is -1.47. The fourth-order valence-corrected chi connectivity index (χ4v) is 2.09. The van der Waals surface area contributed by atoms with Crippen LogP contribution in [0, 0.1) is 24.1 Å². The summed E-state index contributed by atoms with van der Waals surface area (Å²) in [7, 11) is 0. The van der Waals surface area contributed by atoms with Crippen LogP contribution in [-0.2, 0) is 0 Å². The zero-order valence-corrected chi connectivity index (χ0v) is 7.65. The first-order chi connectivity index (χ1) is 6.22. The van der Waals surface area contributed by atoms with Crippen molar-refractivity contribution in [1.29, 1.82) is 5.26 Å². The van der Waals surface area contributed by atoms with Crippen LogP contribution in [-0.4, -0.2) is 4.98 Å². The van der Waals surface area contributed by atoms with E-state index in [1.54, 1.807) is 6.07 Å². The molecule has 0 saturated heterocycles. The Bertz CT molecular complexity index is 510. The average molecular weight is 192 g/mol. The number of nitrogens with zero attached hydrogens (tertiary/aromatic N) is 2. The van der Waals surface area contributed by atoms with E-state index in [-0.39, 0.29) is 5.56 Å². The van der Waals surface area contributed by atoms with Gasteiger partial charge in [0.05, 0.1) is 15.2 Å². The smallest absolute Gasteiger partial charge is 0.142 e. The number of halogens is 1. The van der Waals surface area contributed by atoms with E-state index in [2.05, 4.69) is 4.98 Å². The first-order valence-electron chi connectivity index (χ1n) is 3.68. The van der Waals surface area contributed by atoms with Crippen LogP contribution in [0.25, 0.3) is 10.2 Å². The zero-order chi connectivity index (χ0) is 9.42. The molecule has 0 aliphatic heterocycles. The summed E-state index contributed by atoms with van der Waals surface area (Å²) in [6, 6.07) is 4.72. The van der Waals surface area contributed by atoms with E-state index < -0.39 is 5.82 Å². The quantitative estimate of drug-likeness (QED) is 0.643. The normalized spacial score (nSPS) is 10.2. The van der Waals surface area contributed by atoms with Crippen LogP contribution in [0.2, 0.25) is 0 Å². The van der Waals surface area contributed by atoms with Gasteiger partial charge in [0.15, 0.2) is 0 Å². The van der Waals surface area contributed by atoms with E-state index in [0.29, 0.717) is 10.2 Å². The zero-order valence-electron chi connectivity index (χ0n) is 6.84. The lowest BCUT2D eigenvalue weighted by Crippen LogP contribution is -1.82. The number of thiazole rings is 1. The molecule has 0 saturated carbocycles. The van der Waals surface area contributed by atoms with Crippen molar-refractivity contribution in [1.82, 2.24) is 4.98 Å². The lowest BCUT2D eigenvalue weighted by atomic mass is 10.2. The minimum atomic E-state index is -0.473. The van der Waals surface area contributed by atoms with Crippen LogP contribution in [0.5, 0.6) is 0 Å². The average Bonchev–Trinajstić information content (AvgIpc) is 2.45. The summed E-state index contributed by atoms with van der Waals surface area (Å²) in [5, 5.41) is 9.56. The van der Waals surface area contributed by atoms with Crippen molar-refractivity contribution in [2.45, 2.75) is 6.92 Å². The molecule has 0 aliphatic rings. The highest BCUT2D eigenvalue weighted by molar-refractivity contribution is 7.18. The second-order valence-corrected chi connectivity index (χ2v) is 3.82. The van der Waals surface area contributed by atoms with Crippen molar-refractivity contribution >= 4 is 21.6 Å². The molecule has 0 fully saturated rings. The van der Waals surface area contributed by atoms with Crippen molar-refractivity contribution in [3.8, 4) is 6.07 Å². The van der Waals surface area contributed by atoms with Crippen molar-refractivity contribution in [3.05, 3.63) is 28.5 Å². The van der Waals surface area contributed by atoms with Gasteiger partial charge in [0.1, 0.15) is 17.4 Å². The third-order valence-corrected chi connectivity index (χ3v) is 2.73. The Morgan fingerprint density at radius 2 is 2.31 bits per heavy atom. The highest BCUT2D eigenvalue weighted by atomic mass is 32.1. The van der Waals surface area contributed by atoms with Gasteiger partial charge in [-0.1, -0.05) is 0 Å². The summed E-state index contributed by atoms with van der Waals surface area (Å²) in [6.07, 6.45) is 0. The molecule has 13 heavy (non-hydrogen) atoms. The summed E-state index contributed by atoms with van der Waals surface area (Å²) in [4.78, 5) is 4.16. The Morgan fingerprint density at radius 3 is 3.00 bits per heavy atom. The van der Waals surface area contributed by atoms with Crippen molar-refractivity contribution in [2.24, 2.45) is 0 Å². The van der Waals surface area contributed by atoms with Gasteiger partial charge in [-0.25, -0.2) is 9.37 Å². The Balaban J connectivity index is 2.93. The topological polar surface area (TPSA) is 36.7 Å². The van der Waals surface area contributed by atoms with E-state index in [4.69, 9.17) is 5.26 Å². The maximum absolute atomic E-state index is 13.1. The summed E-state index contributed by atoms with van der Waals surface area (Å²) in [5.74, 6) is -0.473. The monoisotopic (exact) mass is 192 g/mol. The van der Waals surface area contributed by atoms with Crippen molar-refractivity contribution < 1.29 is 4.39 Å². The predicted octanol–water partition coefficient (Wildman–Crippen LogP) is 2.62. The molecule has 1 heterocycles. The number of rotatable bonds is 0. The molecule has 4 heteroatoms. The molecule has 2 aromatic rings. The molecular weight excluding hydrogens is 187 g/mol. The number of fused-ring (bicyclic) bond motifs is 1. The lowest BCUT2D eigenvalue weighted by Gasteiger charge is -1.92. The molecule has 0 N–H and O–H groups in total. The van der Waals surface area contributed by atoms with Gasteiger partial charge in [0, 0.05) is 0 Å². The van der Waals surface area contributed by atoms with Gasteiger partial charge in [0.2, 0.25) is 0 Å². The van der Waals surface area contributed by atoms with Crippen molar-refractivity contribution in [2.75, 3.05) is 0 Å². The molecule has 2 rings (SSSR count). The standard InChI is InChI=1S/C9H5FN2S/c1-5-12-8-3-2-7(10)6(4-11)9(8)13-5/h2-3H,1H3. The number of benzene rings is 1. The molecular formula is C9H5FN2S. The maximum Gasteiger partial charge on any atom is 0.142 e. The fourth-order valence-electron chi connectivity index (χ4n) is 1.18. The highest BCUT2D eigenvalue weighted by Crippen LogP contribution is 2.26. The number of hydrogen-bond acceptors (Lipinski definition) is 3. The molecule has 0 atom stereocenters. The Kier molecular flexibility index (Phi) is 1.74. The minimum Gasteiger partial charge on any atom is -0.241 e. The van der Waals surface area contributed by atoms with E-state index in [9.17, 15) is 4.39 Å². The first kappa shape index (κ1) is 8.14. The summed E-state index contributed by atoms with van der Waals surface area (Å²) in [5.41, 5.74) is 0.795. The second-order valence-electron chi connectivity index (χ2n) is 2.62. The van der Waals surface area contributed by atoms with Crippen LogP contribution in [0.1, 0.15) is 10.6 Å². The number of aromatic nitrogens is 1. The summed E-state index contributed by atoms with van der Waals surface area (Å²) in [6.45, 7) is 1.84. The third kappa shape index (κ3) is 1.18. The maximum atomic E-state index is 13.1. The van der Waals surface area contributed by atoms with E-state index >= 15 is 0 Å². The summed E-state index contributed by atoms with van der Waals surface area (Å²) < 4.78 is 13.7. The molecule has 1 aromatic heterocycles. The molecule has 64 valence electrons. The first-order valence-corrected chi connectivity index (χ1v) is 4.50. The molecule has 0 unspecified atom stereocenters. The van der Waals surface area contributed by atoms with Crippen LogP contribution in [0.4, 0.5) is 4.39 Å². The number of nitriles is 1. The van der Waals surface area contributed by atoms with Gasteiger partial charge in [0.25, 0.3) is 0 Å². The van der Waals surface area contributed by atoms with Gasteiger partial charge < -0.3 is 0 Å². The van der Waals surface area contributed by atoms with Crippen LogP contribution >= 0.6 is 11.3 Å². The highest BCUT2D eigenvalue weighted by Gasteiger charge is 2.09. The molecule has 1 aromatic carbocycles. The van der Waals surface area contributed by atoms with Gasteiger partial charge >= 0.3 is 0 Å². The Morgan fingerprint density at radius 1 is 1.54 bits per heavy atom. The van der Waals surface area contributed by atoms with Gasteiger partial charge in [-0.3, -0.25) is 0 Å². The van der Waals surface area contributed by atoms with Gasteiger partial charge in [-0.2, -0.15) is 5.26 Å². The molecule has 0 bridgehead atoms. The molecule has 0 spiro atoms. The minimum absolute atomic E-state index is 0.100. The number of aryl methyl sites for hydroxylation is 1. The van der Waals surface area contributed by atoms with E-state index in [1.165, 1.54) is 17.4 Å². The number of hydrogen-bond donors (Lipinski definition) is 0. The van der Waals surface area contributed by atoms with Gasteiger partial charge in [-0.05, 0) is 19.1 Å². The largest absolute Gasteiger partial charge is 0.241 e. The molecule has 2 nitrogen and oxygen atoms in total. The van der Waals surface area contributed by atoms with Crippen LogP contribution < -0.4 is 0 Å². The molecule has 0 radical (unpaired) electrons. The van der Waals surface area contributed by atoms with Gasteiger partial charge in [-0.15, -0.1) is 11.3 Å². The van der Waals surface area contributed by atoms with E-state index in [0.717, 1.165) is 5.01 Å². The lowest BCUT2D eigenvalue weighted by molar-refractivity contribution is 0.626. The predicted molar refractivity (Wildman–Crippen MR) is 49.0 cm³/mol. The van der Waals surface area contributed by atoms with Crippen LogP contribution in [0.3, 0.4) is 0 Å². The van der Waals surface area contributed by atoms with E-state index in [1.807, 2.05) is 13.0 Å². The third-order valence-electron chi connectivity index (χ3n) is 1.73. The van der Waals surface area contributed by atoms with Crippen molar-refractivity contribution in [3.63, 3.8) is 0 Å². The van der Waals surface area contributed by atoms with Crippen LogP contribution in [0.15, 0.2) is 12.1 Å². The summed E-state index contributed by atoms with van der Waals surface area (Å²) >= 11 is 1.34. The molecule has 0 amide bonds. The second kappa shape index (κ2) is 2.79. The Labute approximate surface area is 78.3 Å². The SMILES string of the molecule is Cc1nc2ccc(F)c(C#N)c2s1.